The lowest BCUT2D eigenvalue weighted by molar-refractivity contribution is 0.0931. The van der Waals surface area contributed by atoms with Gasteiger partial charge in [0.2, 0.25) is 0 Å². The van der Waals surface area contributed by atoms with Crippen molar-refractivity contribution in [3.63, 3.8) is 0 Å². The highest BCUT2D eigenvalue weighted by molar-refractivity contribution is 5.29. The SMILES string of the molecule is CCCNC(CC1CCCO1)c1c(OC)cnn1C(C)C. The Bertz CT molecular complexity index is 425. The van der Waals surface area contributed by atoms with Gasteiger partial charge in [0.1, 0.15) is 0 Å². The molecule has 1 N–H and O–H groups in total. The zero-order valence-electron chi connectivity index (χ0n) is 13.8. The van der Waals surface area contributed by atoms with E-state index in [0.29, 0.717) is 12.1 Å². The van der Waals surface area contributed by atoms with Gasteiger partial charge in [0.25, 0.3) is 0 Å². The van der Waals surface area contributed by atoms with Gasteiger partial charge in [-0.05, 0) is 46.1 Å². The van der Waals surface area contributed by atoms with E-state index in [2.05, 4.69) is 35.9 Å². The summed E-state index contributed by atoms with van der Waals surface area (Å²) in [6.45, 7) is 8.38. The van der Waals surface area contributed by atoms with Gasteiger partial charge in [0.15, 0.2) is 5.75 Å². The molecular formula is C16H29N3O2. The maximum Gasteiger partial charge on any atom is 0.161 e. The van der Waals surface area contributed by atoms with Crippen LogP contribution < -0.4 is 10.1 Å². The van der Waals surface area contributed by atoms with Gasteiger partial charge >= 0.3 is 0 Å². The minimum absolute atomic E-state index is 0.230. The van der Waals surface area contributed by atoms with Gasteiger partial charge in [-0.15, -0.1) is 0 Å². The first kappa shape index (κ1) is 16.3. The highest BCUT2D eigenvalue weighted by Gasteiger charge is 2.27. The van der Waals surface area contributed by atoms with E-state index in [0.717, 1.165) is 43.9 Å². The van der Waals surface area contributed by atoms with Crippen LogP contribution in [0.5, 0.6) is 5.75 Å². The second kappa shape index (κ2) is 7.80. The molecule has 1 aliphatic heterocycles. The predicted octanol–water partition coefficient (Wildman–Crippen LogP) is 3.08. The third-order valence-electron chi connectivity index (χ3n) is 4.00. The summed E-state index contributed by atoms with van der Waals surface area (Å²) in [6.07, 6.45) is 6.59. The molecule has 2 heterocycles. The van der Waals surface area contributed by atoms with Gasteiger partial charge in [-0.25, -0.2) is 0 Å². The molecule has 1 aromatic heterocycles. The Balaban J connectivity index is 2.23. The van der Waals surface area contributed by atoms with Gasteiger partial charge in [0.05, 0.1) is 31.1 Å². The molecule has 1 saturated heterocycles. The largest absolute Gasteiger partial charge is 0.493 e. The van der Waals surface area contributed by atoms with E-state index in [1.165, 1.54) is 6.42 Å². The standard InChI is InChI=1S/C16H29N3O2/c1-5-8-17-14(10-13-7-6-9-21-13)16-15(20-4)11-18-19(16)12(2)3/h11-14,17H,5-10H2,1-4H3. The summed E-state index contributed by atoms with van der Waals surface area (Å²) >= 11 is 0. The van der Waals surface area contributed by atoms with E-state index in [9.17, 15) is 0 Å². The Morgan fingerprint density at radius 2 is 2.33 bits per heavy atom. The Morgan fingerprint density at radius 1 is 1.52 bits per heavy atom. The highest BCUT2D eigenvalue weighted by Crippen LogP contribution is 2.32. The molecule has 1 aromatic rings. The van der Waals surface area contributed by atoms with E-state index in [1.807, 2.05) is 6.20 Å². The lowest BCUT2D eigenvalue weighted by atomic mass is 10.0. The molecule has 2 rings (SSSR count). The minimum atomic E-state index is 0.230. The number of ether oxygens (including phenoxy) is 2. The molecule has 0 aromatic carbocycles. The average molecular weight is 295 g/mol. The van der Waals surface area contributed by atoms with Crippen LogP contribution in [-0.4, -0.2) is 36.1 Å². The molecule has 0 spiro atoms. The van der Waals surface area contributed by atoms with Crippen LogP contribution in [0.25, 0.3) is 0 Å². The van der Waals surface area contributed by atoms with Crippen LogP contribution in [-0.2, 0) is 4.74 Å². The fraction of sp³-hybridized carbons (Fsp3) is 0.812. The molecule has 1 fully saturated rings. The van der Waals surface area contributed by atoms with Gasteiger partial charge in [0, 0.05) is 12.6 Å². The Hall–Kier alpha value is -1.07. The smallest absolute Gasteiger partial charge is 0.161 e. The van der Waals surface area contributed by atoms with Gasteiger partial charge in [-0.3, -0.25) is 4.68 Å². The van der Waals surface area contributed by atoms with Crippen molar-refractivity contribution >= 4 is 0 Å². The summed E-state index contributed by atoms with van der Waals surface area (Å²) in [4.78, 5) is 0. The second-order valence-electron chi connectivity index (χ2n) is 6.01. The molecule has 0 radical (unpaired) electrons. The van der Waals surface area contributed by atoms with E-state index in [-0.39, 0.29) is 6.04 Å². The minimum Gasteiger partial charge on any atom is -0.493 e. The third-order valence-corrected chi connectivity index (χ3v) is 4.00. The second-order valence-corrected chi connectivity index (χ2v) is 6.01. The van der Waals surface area contributed by atoms with Crippen LogP contribution in [0.4, 0.5) is 0 Å². The van der Waals surface area contributed by atoms with Crippen LogP contribution in [0.3, 0.4) is 0 Å². The van der Waals surface area contributed by atoms with Crippen LogP contribution >= 0.6 is 0 Å². The molecule has 5 nitrogen and oxygen atoms in total. The van der Waals surface area contributed by atoms with E-state index < -0.39 is 0 Å². The Kier molecular flexibility index (Phi) is 6.06. The predicted molar refractivity (Wildman–Crippen MR) is 83.8 cm³/mol. The van der Waals surface area contributed by atoms with E-state index in [1.54, 1.807) is 7.11 Å². The van der Waals surface area contributed by atoms with E-state index in [4.69, 9.17) is 9.47 Å². The molecule has 1 aliphatic rings. The normalized spacial score (nSPS) is 20.1. The molecule has 0 amide bonds. The average Bonchev–Trinajstić information content (AvgIpc) is 3.11. The first-order valence-electron chi connectivity index (χ1n) is 8.13. The first-order valence-corrected chi connectivity index (χ1v) is 8.13. The molecule has 5 heteroatoms. The maximum atomic E-state index is 5.82. The molecule has 0 saturated carbocycles. The number of rotatable bonds is 8. The molecule has 120 valence electrons. The maximum absolute atomic E-state index is 5.82. The quantitative estimate of drug-likeness (QED) is 0.800. The van der Waals surface area contributed by atoms with Gasteiger partial charge in [-0.1, -0.05) is 6.92 Å². The lowest BCUT2D eigenvalue weighted by Crippen LogP contribution is -2.29. The zero-order valence-corrected chi connectivity index (χ0v) is 13.8. The summed E-state index contributed by atoms with van der Waals surface area (Å²) < 4.78 is 13.4. The van der Waals surface area contributed by atoms with Crippen molar-refractivity contribution in [2.24, 2.45) is 0 Å². The summed E-state index contributed by atoms with van der Waals surface area (Å²) in [5.41, 5.74) is 1.15. The van der Waals surface area contributed by atoms with Crippen LogP contribution in [0, 0.1) is 0 Å². The Labute approximate surface area is 128 Å². The molecule has 21 heavy (non-hydrogen) atoms. The number of methoxy groups -OCH3 is 1. The van der Waals surface area contributed by atoms with Crippen molar-refractivity contribution in [2.75, 3.05) is 20.3 Å². The Morgan fingerprint density at radius 3 is 2.90 bits per heavy atom. The summed E-state index contributed by atoms with van der Waals surface area (Å²) in [5.74, 6) is 0.871. The topological polar surface area (TPSA) is 48.3 Å². The lowest BCUT2D eigenvalue weighted by Gasteiger charge is -2.24. The van der Waals surface area contributed by atoms with Crippen LogP contribution in [0.2, 0.25) is 0 Å². The number of nitrogens with one attached hydrogen (secondary N) is 1. The van der Waals surface area contributed by atoms with Crippen molar-refractivity contribution < 1.29 is 9.47 Å². The summed E-state index contributed by atoms with van der Waals surface area (Å²) in [5, 5.41) is 8.15. The van der Waals surface area contributed by atoms with Crippen molar-refractivity contribution in [3.05, 3.63) is 11.9 Å². The fourth-order valence-corrected chi connectivity index (χ4v) is 2.96. The molecule has 0 bridgehead atoms. The monoisotopic (exact) mass is 295 g/mol. The number of hydrogen-bond acceptors (Lipinski definition) is 4. The molecule has 0 aliphatic carbocycles. The van der Waals surface area contributed by atoms with Crippen molar-refractivity contribution in [1.29, 1.82) is 0 Å². The van der Waals surface area contributed by atoms with Crippen molar-refractivity contribution in [1.82, 2.24) is 15.1 Å². The fourth-order valence-electron chi connectivity index (χ4n) is 2.96. The van der Waals surface area contributed by atoms with Crippen LogP contribution in [0.15, 0.2) is 6.20 Å². The van der Waals surface area contributed by atoms with Gasteiger partial charge in [-0.2, -0.15) is 5.10 Å². The van der Waals surface area contributed by atoms with E-state index >= 15 is 0 Å². The number of nitrogens with zero attached hydrogens (tertiary/aromatic N) is 2. The van der Waals surface area contributed by atoms with Crippen molar-refractivity contribution in [2.45, 2.75) is 64.6 Å². The van der Waals surface area contributed by atoms with Crippen molar-refractivity contribution in [3.8, 4) is 5.75 Å². The first-order chi connectivity index (χ1) is 10.2. The van der Waals surface area contributed by atoms with Crippen LogP contribution in [0.1, 0.15) is 64.2 Å². The summed E-state index contributed by atoms with van der Waals surface area (Å²) in [7, 11) is 1.72. The number of aromatic nitrogens is 2. The molecular weight excluding hydrogens is 266 g/mol. The highest BCUT2D eigenvalue weighted by atomic mass is 16.5. The zero-order chi connectivity index (χ0) is 15.2. The summed E-state index contributed by atoms with van der Waals surface area (Å²) in [6, 6.07) is 0.548. The third kappa shape index (κ3) is 3.98. The molecule has 2 atom stereocenters. The molecule has 2 unspecified atom stereocenters. The number of hydrogen-bond donors (Lipinski definition) is 1. The van der Waals surface area contributed by atoms with Gasteiger partial charge < -0.3 is 14.8 Å².